The second kappa shape index (κ2) is 7.57. The minimum Gasteiger partial charge on any atom is -0.465 e. The first-order chi connectivity index (χ1) is 13.9. The summed E-state index contributed by atoms with van der Waals surface area (Å²) in [5.74, 6) is -0.492. The van der Waals surface area contributed by atoms with Crippen molar-refractivity contribution in [3.05, 3.63) is 63.2 Å². The van der Waals surface area contributed by atoms with Crippen molar-refractivity contribution >= 4 is 17.6 Å². The molecule has 0 aliphatic heterocycles. The van der Waals surface area contributed by atoms with Gasteiger partial charge in [-0.2, -0.15) is 0 Å². The number of hydrogen-bond acceptors (Lipinski definition) is 3. The predicted molar refractivity (Wildman–Crippen MR) is 122 cm³/mol. The van der Waals surface area contributed by atoms with Crippen LogP contribution < -0.4 is 5.32 Å². The molecule has 0 bridgehead atoms. The zero-order valence-corrected chi connectivity index (χ0v) is 19.4. The molecule has 2 aromatic carbocycles. The van der Waals surface area contributed by atoms with Gasteiger partial charge in [-0.3, -0.25) is 4.79 Å². The number of fused-ring (bicyclic) bond motifs is 1. The fourth-order valence-electron chi connectivity index (χ4n) is 4.90. The number of rotatable bonds is 3. The van der Waals surface area contributed by atoms with Crippen LogP contribution in [-0.2, 0) is 15.6 Å². The molecule has 0 atom stereocenters. The molecule has 30 heavy (non-hydrogen) atoms. The Labute approximate surface area is 180 Å². The van der Waals surface area contributed by atoms with Crippen molar-refractivity contribution in [3.63, 3.8) is 0 Å². The van der Waals surface area contributed by atoms with Gasteiger partial charge in [-0.1, -0.05) is 33.8 Å². The average molecular weight is 408 g/mol. The van der Waals surface area contributed by atoms with Crippen molar-refractivity contribution in [3.8, 4) is 0 Å². The maximum atomic E-state index is 13.3. The molecule has 160 valence electrons. The van der Waals surface area contributed by atoms with Crippen molar-refractivity contribution in [1.82, 2.24) is 0 Å². The van der Waals surface area contributed by atoms with E-state index in [1.54, 1.807) is 18.2 Å². The Balaban J connectivity index is 2.02. The van der Waals surface area contributed by atoms with Gasteiger partial charge in [0.1, 0.15) is 0 Å². The van der Waals surface area contributed by atoms with Gasteiger partial charge in [0.05, 0.1) is 12.7 Å². The van der Waals surface area contributed by atoms with Crippen molar-refractivity contribution in [2.75, 3.05) is 12.4 Å². The Hall–Kier alpha value is -2.62. The smallest absolute Gasteiger partial charge is 0.338 e. The van der Waals surface area contributed by atoms with Crippen molar-refractivity contribution in [1.29, 1.82) is 0 Å². The summed E-state index contributed by atoms with van der Waals surface area (Å²) in [5, 5.41) is 3.03. The molecule has 4 nitrogen and oxygen atoms in total. The number of aryl methyl sites for hydroxylation is 2. The Morgan fingerprint density at radius 1 is 0.933 bits per heavy atom. The molecular formula is C26H33NO3. The third-order valence-electron chi connectivity index (χ3n) is 6.67. The summed E-state index contributed by atoms with van der Waals surface area (Å²) in [6.45, 7) is 15.1. The third kappa shape index (κ3) is 3.76. The number of nitrogens with one attached hydrogen (secondary N) is 1. The Morgan fingerprint density at radius 2 is 1.57 bits per heavy atom. The van der Waals surface area contributed by atoms with Gasteiger partial charge in [0.2, 0.25) is 0 Å². The Morgan fingerprint density at radius 3 is 2.17 bits per heavy atom. The number of hydrogen-bond donors (Lipinski definition) is 1. The van der Waals surface area contributed by atoms with Crippen LogP contribution in [0, 0.1) is 20.8 Å². The highest BCUT2D eigenvalue weighted by molar-refractivity contribution is 6.07. The zero-order chi connectivity index (χ0) is 22.4. The maximum absolute atomic E-state index is 13.3. The van der Waals surface area contributed by atoms with Gasteiger partial charge >= 0.3 is 5.97 Å². The molecule has 1 amide bonds. The number of methoxy groups -OCH3 is 1. The summed E-state index contributed by atoms with van der Waals surface area (Å²) in [6, 6.07) is 7.45. The van der Waals surface area contributed by atoms with E-state index in [4.69, 9.17) is 4.74 Å². The predicted octanol–water partition coefficient (Wildman–Crippen LogP) is 6.00. The number of anilines is 1. The summed E-state index contributed by atoms with van der Waals surface area (Å²) >= 11 is 0. The largest absolute Gasteiger partial charge is 0.465 e. The summed E-state index contributed by atoms with van der Waals surface area (Å²) in [7, 11) is 1.36. The molecule has 2 aromatic rings. The van der Waals surface area contributed by atoms with Crippen molar-refractivity contribution in [2.24, 2.45) is 0 Å². The molecule has 0 radical (unpaired) electrons. The zero-order valence-electron chi connectivity index (χ0n) is 19.4. The van der Waals surface area contributed by atoms with Gasteiger partial charge < -0.3 is 10.1 Å². The van der Waals surface area contributed by atoms with Crippen LogP contribution in [-0.4, -0.2) is 19.0 Å². The Kier molecular flexibility index (Phi) is 5.57. The van der Waals surface area contributed by atoms with E-state index in [9.17, 15) is 9.59 Å². The van der Waals surface area contributed by atoms with Crippen LogP contribution in [0.2, 0.25) is 0 Å². The van der Waals surface area contributed by atoms with Crippen LogP contribution in [0.1, 0.15) is 89.1 Å². The van der Waals surface area contributed by atoms with Gasteiger partial charge in [-0.15, -0.1) is 0 Å². The number of carbonyl (C=O) groups excluding carboxylic acids is 2. The highest BCUT2D eigenvalue weighted by Crippen LogP contribution is 2.48. The molecule has 0 saturated carbocycles. The molecule has 1 N–H and O–H groups in total. The summed E-state index contributed by atoms with van der Waals surface area (Å²) in [4.78, 5) is 25.1. The van der Waals surface area contributed by atoms with E-state index in [0.29, 0.717) is 11.3 Å². The minimum atomic E-state index is -0.378. The molecule has 1 aliphatic rings. The van der Waals surface area contributed by atoms with Crippen LogP contribution in [0.15, 0.2) is 24.3 Å². The highest BCUT2D eigenvalue weighted by atomic mass is 16.5. The number of amides is 1. The van der Waals surface area contributed by atoms with E-state index in [-0.39, 0.29) is 22.7 Å². The first kappa shape index (κ1) is 22.1. The molecule has 0 aromatic heterocycles. The first-order valence-corrected chi connectivity index (χ1v) is 10.5. The summed E-state index contributed by atoms with van der Waals surface area (Å²) in [5.41, 5.74) is 7.57. The lowest BCUT2D eigenvalue weighted by atomic mass is 9.61. The standard InChI is InChI=1S/C26H33NO3/c1-15-13-18(9-10-19(15)24(29)30-8)27-23(28)21-16(2)14-20-22(17(21)3)26(6,7)12-11-25(20,4)5/h9-10,13-14H,11-12H2,1-8H3,(H,27,28). The molecule has 1 aliphatic carbocycles. The van der Waals surface area contributed by atoms with Gasteiger partial charge in [0.15, 0.2) is 0 Å². The van der Waals surface area contributed by atoms with Crippen LogP contribution in [0.4, 0.5) is 5.69 Å². The van der Waals surface area contributed by atoms with Crippen LogP contribution in [0.5, 0.6) is 0 Å². The van der Waals surface area contributed by atoms with Gasteiger partial charge in [0.25, 0.3) is 5.91 Å². The molecule has 0 unspecified atom stereocenters. The SMILES string of the molecule is COC(=O)c1ccc(NC(=O)c2c(C)cc3c(c2C)C(C)(C)CCC3(C)C)cc1C. The van der Waals surface area contributed by atoms with E-state index < -0.39 is 0 Å². The van der Waals surface area contributed by atoms with E-state index in [0.717, 1.165) is 35.1 Å². The van der Waals surface area contributed by atoms with Crippen LogP contribution in [0.25, 0.3) is 0 Å². The van der Waals surface area contributed by atoms with Crippen LogP contribution in [0.3, 0.4) is 0 Å². The van der Waals surface area contributed by atoms with E-state index in [2.05, 4.69) is 46.0 Å². The van der Waals surface area contributed by atoms with Crippen molar-refractivity contribution in [2.45, 2.75) is 72.1 Å². The number of ether oxygens (including phenoxy) is 1. The van der Waals surface area contributed by atoms with E-state index in [1.165, 1.54) is 18.2 Å². The van der Waals surface area contributed by atoms with Gasteiger partial charge in [-0.25, -0.2) is 4.79 Å². The highest BCUT2D eigenvalue weighted by Gasteiger charge is 2.39. The second-order valence-electron chi connectivity index (χ2n) is 9.86. The fourth-order valence-corrected chi connectivity index (χ4v) is 4.90. The minimum absolute atomic E-state index is 0.0381. The molecule has 4 heteroatoms. The second-order valence-corrected chi connectivity index (χ2v) is 9.86. The molecule has 0 spiro atoms. The molecule has 0 heterocycles. The number of esters is 1. The fraction of sp³-hybridized carbons (Fsp3) is 0.462. The third-order valence-corrected chi connectivity index (χ3v) is 6.67. The van der Waals surface area contributed by atoms with Crippen molar-refractivity contribution < 1.29 is 14.3 Å². The normalized spacial score (nSPS) is 16.5. The van der Waals surface area contributed by atoms with E-state index >= 15 is 0 Å². The van der Waals surface area contributed by atoms with E-state index in [1.807, 2.05) is 13.8 Å². The lowest BCUT2D eigenvalue weighted by Crippen LogP contribution is -2.36. The first-order valence-electron chi connectivity index (χ1n) is 10.5. The lowest BCUT2D eigenvalue weighted by molar-refractivity contribution is 0.0600. The lowest BCUT2D eigenvalue weighted by Gasteiger charge is -2.43. The maximum Gasteiger partial charge on any atom is 0.338 e. The quantitative estimate of drug-likeness (QED) is 0.635. The monoisotopic (exact) mass is 407 g/mol. The number of benzene rings is 2. The summed E-state index contributed by atoms with van der Waals surface area (Å²) < 4.78 is 4.80. The summed E-state index contributed by atoms with van der Waals surface area (Å²) in [6.07, 6.45) is 2.25. The van der Waals surface area contributed by atoms with Gasteiger partial charge in [-0.05, 0) is 90.5 Å². The molecular weight excluding hydrogens is 374 g/mol. The van der Waals surface area contributed by atoms with Gasteiger partial charge in [0, 0.05) is 11.3 Å². The average Bonchev–Trinajstić information content (AvgIpc) is 2.64. The molecule has 0 fully saturated rings. The molecule has 0 saturated heterocycles. The number of carbonyl (C=O) groups is 2. The Bertz CT molecular complexity index is 1030. The molecule has 3 rings (SSSR count). The topological polar surface area (TPSA) is 55.4 Å². The van der Waals surface area contributed by atoms with Crippen LogP contribution >= 0.6 is 0 Å².